The van der Waals surface area contributed by atoms with Crippen molar-refractivity contribution >= 4 is 44.1 Å². The minimum absolute atomic E-state index is 0. The Morgan fingerprint density at radius 1 is 0.229 bits per heavy atom. The van der Waals surface area contributed by atoms with E-state index in [-0.39, 0.29) is 171 Å². The fraction of sp³-hybridized carbons (Fsp3) is 0.556. The first kappa shape index (κ1) is 83.9. The molecular formula is C72H96N8O24Zn. The van der Waals surface area contributed by atoms with E-state index < -0.39 is 0 Å². The van der Waals surface area contributed by atoms with E-state index in [0.29, 0.717) is 225 Å². The van der Waals surface area contributed by atoms with E-state index in [4.69, 9.17) is 155 Å². The molecule has 32 nitrogen and oxygen atoms in total. The summed E-state index contributed by atoms with van der Waals surface area (Å²) in [6.07, 6.45) is 0. The van der Waals surface area contributed by atoms with Gasteiger partial charge in [-0.25, -0.2) is 9.97 Å². The van der Waals surface area contributed by atoms with Crippen LogP contribution in [-0.4, -0.2) is 315 Å². The molecule has 5 heterocycles. The zero-order chi connectivity index (χ0) is 72.1. The molecule has 4 N–H and O–H groups in total. The van der Waals surface area contributed by atoms with Crippen molar-refractivity contribution in [3.63, 3.8) is 0 Å². The summed E-state index contributed by atoms with van der Waals surface area (Å²) in [6.45, 7) is 11.4. The second-order valence-corrected chi connectivity index (χ2v) is 22.3. The average molecular weight is 1520 g/mol. The van der Waals surface area contributed by atoms with Crippen LogP contribution in [-0.2, 0) is 95.3 Å². The molecule has 0 fully saturated rings. The van der Waals surface area contributed by atoms with Gasteiger partial charge in [0.15, 0.2) is 0 Å². The second kappa shape index (κ2) is 50.8. The van der Waals surface area contributed by atoms with Crippen LogP contribution in [0.4, 0.5) is 0 Å². The van der Waals surface area contributed by atoms with Gasteiger partial charge in [-0.3, -0.25) is 0 Å². The molecule has 4 aromatic carbocycles. The third-order valence-electron chi connectivity index (χ3n) is 15.0. The van der Waals surface area contributed by atoms with Crippen molar-refractivity contribution in [2.75, 3.05) is 264 Å². The van der Waals surface area contributed by atoms with Gasteiger partial charge in [0.05, 0.1) is 272 Å². The van der Waals surface area contributed by atoms with Crippen LogP contribution in [0.1, 0.15) is 0 Å². The van der Waals surface area contributed by atoms with Crippen molar-refractivity contribution in [1.82, 2.24) is 39.9 Å². The van der Waals surface area contributed by atoms with Gasteiger partial charge in [-0.2, -0.15) is 0 Å². The fourth-order valence-corrected chi connectivity index (χ4v) is 10.4. The third kappa shape index (κ3) is 28.1. The van der Waals surface area contributed by atoms with Crippen LogP contribution in [0.5, 0.6) is 23.0 Å². The Balaban J connectivity index is 0.0000139. The Labute approximate surface area is 621 Å². The molecule has 0 saturated heterocycles. The third-order valence-corrected chi connectivity index (χ3v) is 15.0. The molecule has 0 atom stereocenters. The molecule has 0 radical (unpaired) electrons. The van der Waals surface area contributed by atoms with Gasteiger partial charge in [-0.15, -0.1) is 0 Å². The molecule has 9 rings (SSSR count). The van der Waals surface area contributed by atoms with Crippen molar-refractivity contribution in [2.45, 2.75) is 0 Å². The summed E-state index contributed by atoms with van der Waals surface area (Å²) in [6, 6.07) is 22.4. The number of aromatic nitrogens is 8. The van der Waals surface area contributed by atoms with Gasteiger partial charge >= 0.3 is 19.5 Å². The van der Waals surface area contributed by atoms with Crippen LogP contribution >= 0.6 is 0 Å². The molecule has 2 aliphatic rings. The number of hydrogen-bond acceptors (Lipinski definition) is 30. The largest absolute Gasteiger partial charge is 2.00 e. The number of fused-ring (bicyclic) bond motifs is 20. The fourth-order valence-electron chi connectivity index (χ4n) is 10.4. The average Bonchev–Trinajstić information content (AvgIpc) is 1.59. The minimum Gasteiger partial charge on any atom is -0.491 e. The minimum atomic E-state index is -0.0383. The number of aliphatic hydroxyl groups excluding tert-OH is 4. The zero-order valence-electron chi connectivity index (χ0n) is 59.5. The van der Waals surface area contributed by atoms with Gasteiger partial charge in [0, 0.05) is 44.5 Å². The van der Waals surface area contributed by atoms with E-state index in [0.717, 1.165) is 0 Å². The number of nitrogens with zero attached hydrogens (tertiary/aromatic N) is 8. The Kier molecular flexibility index (Phi) is 40.6. The van der Waals surface area contributed by atoms with E-state index in [1.807, 2.05) is 72.8 Å². The van der Waals surface area contributed by atoms with Gasteiger partial charge < -0.3 is 145 Å². The smallest absolute Gasteiger partial charge is 0.491 e. The molecule has 570 valence electrons. The van der Waals surface area contributed by atoms with E-state index in [9.17, 15) is 0 Å². The molecule has 8 bridgehead atoms. The van der Waals surface area contributed by atoms with Crippen LogP contribution < -0.4 is 28.9 Å². The summed E-state index contributed by atoms with van der Waals surface area (Å²) in [7, 11) is 0. The summed E-state index contributed by atoms with van der Waals surface area (Å²) in [5.41, 5.74) is 3.34. The van der Waals surface area contributed by atoms with Crippen LogP contribution in [0.3, 0.4) is 0 Å². The first-order valence-electron chi connectivity index (χ1n) is 35.0. The molecule has 0 saturated carbocycles. The van der Waals surface area contributed by atoms with Crippen LogP contribution in [0.25, 0.3) is 89.7 Å². The Morgan fingerprint density at radius 2 is 0.448 bits per heavy atom. The maximum Gasteiger partial charge on any atom is 2.00 e. The van der Waals surface area contributed by atoms with E-state index >= 15 is 0 Å². The van der Waals surface area contributed by atoms with Gasteiger partial charge in [0.25, 0.3) is 0 Å². The Morgan fingerprint density at radius 3 is 0.733 bits per heavy atom. The standard InChI is InChI=1S/C72H96N8O24.Zn/c81-13-17-85-21-25-89-29-33-93-37-41-97-45-49-101-57-9-1-5-53-61(57)69-74-65(53)73-66-54-6-2-11-59(103-51-47-99-43-39-95-35-31-91-27-23-87-19-15-83)63(54)71(75-66)80-72-64-56(8-4-12-60(64)104-52-48-100-44-40-96-36-32-92-28-24-88-20-16-84)68(79-72)78-70-62-55(67(76-69)77-70)7-3-10-58(62)102-50-46-98-42-38-94-34-30-90-26-22-86-18-14-82;/h1-12,81-84H,13-52H2;/q-2;+2. The van der Waals surface area contributed by atoms with Crippen molar-refractivity contribution in [2.24, 2.45) is 0 Å². The van der Waals surface area contributed by atoms with Crippen LogP contribution in [0.2, 0.25) is 0 Å². The molecule has 33 heteroatoms. The zero-order valence-corrected chi connectivity index (χ0v) is 62.4. The summed E-state index contributed by atoms with van der Waals surface area (Å²) in [5, 5.41) is 37.9. The molecule has 7 aromatic rings. The van der Waals surface area contributed by atoms with E-state index in [2.05, 4.69) is 0 Å². The molecule has 105 heavy (non-hydrogen) atoms. The molecule has 2 aliphatic heterocycles. The topological polar surface area (TPSA) is 371 Å². The Bertz CT molecular complexity index is 3750. The van der Waals surface area contributed by atoms with Gasteiger partial charge in [-0.1, -0.05) is 48.5 Å². The summed E-state index contributed by atoms with van der Waals surface area (Å²) >= 11 is 0. The first-order chi connectivity index (χ1) is 51.6. The summed E-state index contributed by atoms with van der Waals surface area (Å²) in [4.78, 5) is 41.8. The van der Waals surface area contributed by atoms with Crippen molar-refractivity contribution in [1.29, 1.82) is 0 Å². The normalized spacial score (nSPS) is 11.8. The number of aliphatic hydroxyl groups is 4. The van der Waals surface area contributed by atoms with Gasteiger partial charge in [0.1, 0.15) is 49.4 Å². The second-order valence-electron chi connectivity index (χ2n) is 22.3. The van der Waals surface area contributed by atoms with Gasteiger partial charge in [-0.05, 0) is 35.0 Å². The predicted octanol–water partition coefficient (Wildman–Crippen LogP) is 3.87. The quantitative estimate of drug-likeness (QED) is 0.0310. The number of hydrogen-bond donors (Lipinski definition) is 4. The first-order valence-corrected chi connectivity index (χ1v) is 35.0. The SMILES string of the molecule is OCCOCCOCCOCCOCCOc1cccc2c1-c1nc-2nc2[n-]c(nc3nc(nc4[n-]c(n1)c1cccc(OCCOCCOCCOCCOCCO)c41)-c1c(OCCOCCOCCOCCOCCO)cccc1-3)c1cccc(OCCOCCOCCOCCOCCO)c21.[Zn+2]. The molecular weight excluding hydrogens is 1430 g/mol. The Hall–Kier alpha value is -6.74. The summed E-state index contributed by atoms with van der Waals surface area (Å²) in [5.74, 6) is 2.89. The van der Waals surface area contributed by atoms with E-state index in [1.165, 1.54) is 0 Å². The number of ether oxygens (including phenoxy) is 20. The number of rotatable bonds is 60. The molecule has 0 spiro atoms. The van der Waals surface area contributed by atoms with Crippen molar-refractivity contribution in [3.8, 4) is 68.5 Å². The predicted molar refractivity (Wildman–Crippen MR) is 377 cm³/mol. The van der Waals surface area contributed by atoms with Gasteiger partial charge in [0.2, 0.25) is 0 Å². The molecule has 0 unspecified atom stereocenters. The number of benzene rings is 4. The maximum absolute atomic E-state index is 8.90. The van der Waals surface area contributed by atoms with E-state index in [1.54, 1.807) is 0 Å². The maximum atomic E-state index is 8.90. The van der Waals surface area contributed by atoms with Crippen molar-refractivity contribution in [3.05, 3.63) is 72.8 Å². The summed E-state index contributed by atoms with van der Waals surface area (Å²) < 4.78 is 116. The van der Waals surface area contributed by atoms with Crippen molar-refractivity contribution < 1.29 is 135 Å². The van der Waals surface area contributed by atoms with Crippen LogP contribution in [0.15, 0.2) is 72.8 Å². The van der Waals surface area contributed by atoms with Crippen LogP contribution in [0, 0.1) is 0 Å². The monoisotopic (exact) mass is 1520 g/mol. The molecule has 0 aliphatic carbocycles. The molecule has 0 amide bonds. The molecule has 3 aromatic heterocycles.